The Hall–Kier alpha value is -2.19. The summed E-state index contributed by atoms with van der Waals surface area (Å²) in [6.45, 7) is 0. The maximum atomic E-state index is 12.1. The molecule has 5 nitrogen and oxygen atoms in total. The van der Waals surface area contributed by atoms with Crippen molar-refractivity contribution in [2.24, 2.45) is 4.99 Å². The fraction of sp³-hybridized carbons (Fsp3) is 0.0556. The second kappa shape index (κ2) is 7.37. The number of aliphatic imine (C=N–C) groups is 1. The highest BCUT2D eigenvalue weighted by Gasteiger charge is 2.25. The lowest BCUT2D eigenvalue weighted by molar-refractivity contribution is -0.129. The summed E-state index contributed by atoms with van der Waals surface area (Å²) in [5.74, 6) is -0.805. The van der Waals surface area contributed by atoms with Crippen molar-refractivity contribution in [1.82, 2.24) is 0 Å². The number of methoxy groups -OCH3 is 1. The van der Waals surface area contributed by atoms with E-state index in [9.17, 15) is 9.59 Å². The third-order valence-electron chi connectivity index (χ3n) is 3.41. The largest absolute Gasteiger partial charge is 0.465 e. The molecule has 0 N–H and O–H groups in total. The number of hydrogen-bond acceptors (Lipinski definition) is 5. The first-order chi connectivity index (χ1) is 12.0. The highest BCUT2D eigenvalue weighted by atomic mass is 127. The number of carbonyl (C=O) groups excluding carboxylic acids is 2. The minimum absolute atomic E-state index is 0.163. The number of benzene rings is 2. The predicted molar refractivity (Wildman–Crippen MR) is 103 cm³/mol. The summed E-state index contributed by atoms with van der Waals surface area (Å²) in [7, 11) is 1.32. The van der Waals surface area contributed by atoms with Gasteiger partial charge in [-0.2, -0.15) is 0 Å². The first-order valence-electron chi connectivity index (χ1n) is 7.14. The molecule has 2 aromatic rings. The molecule has 1 heterocycles. The van der Waals surface area contributed by atoms with E-state index in [1.165, 1.54) is 7.11 Å². The molecule has 0 atom stereocenters. The maximum absolute atomic E-state index is 12.1. The maximum Gasteiger partial charge on any atom is 0.363 e. The Bertz CT molecular complexity index is 919. The van der Waals surface area contributed by atoms with Gasteiger partial charge in [0, 0.05) is 3.57 Å². The minimum atomic E-state index is -0.554. The minimum Gasteiger partial charge on any atom is -0.465 e. The van der Waals surface area contributed by atoms with E-state index in [-0.39, 0.29) is 11.6 Å². The predicted octanol–water partition coefficient (Wildman–Crippen LogP) is 4.08. The Morgan fingerprint density at radius 1 is 1.24 bits per heavy atom. The van der Waals surface area contributed by atoms with E-state index in [0.717, 1.165) is 3.57 Å². The third-order valence-corrected chi connectivity index (χ3v) is 4.42. The number of nitrogens with zero attached hydrogens (tertiary/aromatic N) is 1. The number of ether oxygens (including phenoxy) is 2. The van der Waals surface area contributed by atoms with E-state index in [2.05, 4.69) is 32.3 Å². The van der Waals surface area contributed by atoms with Gasteiger partial charge < -0.3 is 9.47 Å². The van der Waals surface area contributed by atoms with Crippen LogP contribution in [0.1, 0.15) is 21.5 Å². The molecule has 0 fully saturated rings. The molecule has 0 amide bonds. The molecular weight excluding hydrogens is 457 g/mol. The molecule has 3 rings (SSSR count). The summed E-state index contributed by atoms with van der Waals surface area (Å²) in [5, 5.41) is 0.454. The zero-order valence-electron chi connectivity index (χ0n) is 13.0. The van der Waals surface area contributed by atoms with Crippen LogP contribution in [0.3, 0.4) is 0 Å². The first kappa shape index (κ1) is 17.6. The van der Waals surface area contributed by atoms with Crippen molar-refractivity contribution in [3.05, 3.63) is 73.4 Å². The fourth-order valence-electron chi connectivity index (χ4n) is 2.18. The van der Waals surface area contributed by atoms with Crippen molar-refractivity contribution in [1.29, 1.82) is 0 Å². The van der Waals surface area contributed by atoms with Crippen LogP contribution >= 0.6 is 34.2 Å². The SMILES string of the molecule is COC(=O)c1ccc(/C=C2/N=C(c3cc(I)ccc3Cl)OC2=O)cc1. The number of halogens is 2. The smallest absolute Gasteiger partial charge is 0.363 e. The topological polar surface area (TPSA) is 65.0 Å². The van der Waals surface area contributed by atoms with E-state index >= 15 is 0 Å². The van der Waals surface area contributed by atoms with Crippen LogP contribution in [0.4, 0.5) is 0 Å². The Morgan fingerprint density at radius 2 is 1.96 bits per heavy atom. The number of rotatable bonds is 3. The molecular formula is C18H11ClINO4. The van der Waals surface area contributed by atoms with Gasteiger partial charge in [0.15, 0.2) is 5.70 Å². The Morgan fingerprint density at radius 3 is 2.64 bits per heavy atom. The van der Waals surface area contributed by atoms with Crippen molar-refractivity contribution in [2.75, 3.05) is 7.11 Å². The summed E-state index contributed by atoms with van der Waals surface area (Å²) in [5.41, 5.74) is 1.86. The zero-order valence-corrected chi connectivity index (χ0v) is 15.9. The second-order valence-electron chi connectivity index (χ2n) is 5.07. The monoisotopic (exact) mass is 467 g/mol. The van der Waals surface area contributed by atoms with Gasteiger partial charge in [-0.25, -0.2) is 14.6 Å². The Labute approximate surface area is 162 Å². The lowest BCUT2D eigenvalue weighted by atomic mass is 10.1. The average molecular weight is 468 g/mol. The van der Waals surface area contributed by atoms with E-state index < -0.39 is 11.9 Å². The van der Waals surface area contributed by atoms with Crippen LogP contribution in [-0.2, 0) is 14.3 Å². The van der Waals surface area contributed by atoms with Crippen LogP contribution < -0.4 is 0 Å². The summed E-state index contributed by atoms with van der Waals surface area (Å²) in [4.78, 5) is 27.7. The lowest BCUT2D eigenvalue weighted by Gasteiger charge is -2.02. The summed E-state index contributed by atoms with van der Waals surface area (Å²) in [6.07, 6.45) is 1.58. The van der Waals surface area contributed by atoms with Crippen molar-refractivity contribution >= 4 is 58.1 Å². The van der Waals surface area contributed by atoms with Crippen LogP contribution in [0, 0.1) is 3.57 Å². The molecule has 7 heteroatoms. The fourth-order valence-corrected chi connectivity index (χ4v) is 2.87. The van der Waals surface area contributed by atoms with Crippen LogP contribution in [-0.4, -0.2) is 24.9 Å². The lowest BCUT2D eigenvalue weighted by Crippen LogP contribution is -2.06. The van der Waals surface area contributed by atoms with E-state index in [1.54, 1.807) is 42.5 Å². The van der Waals surface area contributed by atoms with Crippen LogP contribution in [0.2, 0.25) is 5.02 Å². The van der Waals surface area contributed by atoms with Gasteiger partial charge in [0.25, 0.3) is 0 Å². The molecule has 0 spiro atoms. The molecule has 2 aromatic carbocycles. The molecule has 0 bridgehead atoms. The van der Waals surface area contributed by atoms with E-state index in [0.29, 0.717) is 21.7 Å². The van der Waals surface area contributed by atoms with Gasteiger partial charge in [-0.15, -0.1) is 0 Å². The van der Waals surface area contributed by atoms with Crippen LogP contribution in [0.25, 0.3) is 6.08 Å². The van der Waals surface area contributed by atoms with E-state index in [4.69, 9.17) is 16.3 Å². The molecule has 0 aliphatic carbocycles. The van der Waals surface area contributed by atoms with Gasteiger partial charge in [0.2, 0.25) is 5.90 Å². The number of carbonyl (C=O) groups is 2. The van der Waals surface area contributed by atoms with Gasteiger partial charge in [-0.3, -0.25) is 0 Å². The van der Waals surface area contributed by atoms with Gasteiger partial charge in [0.1, 0.15) is 0 Å². The summed E-state index contributed by atoms with van der Waals surface area (Å²) >= 11 is 8.30. The van der Waals surface area contributed by atoms with Gasteiger partial charge in [0.05, 0.1) is 23.3 Å². The number of esters is 2. The van der Waals surface area contributed by atoms with Crippen LogP contribution in [0.5, 0.6) is 0 Å². The molecule has 1 aliphatic heterocycles. The first-order valence-corrected chi connectivity index (χ1v) is 8.60. The normalized spacial score (nSPS) is 15.1. The zero-order chi connectivity index (χ0) is 18.0. The molecule has 0 unspecified atom stereocenters. The number of cyclic esters (lactones) is 1. The van der Waals surface area contributed by atoms with Crippen molar-refractivity contribution < 1.29 is 19.1 Å². The third kappa shape index (κ3) is 3.91. The number of hydrogen-bond donors (Lipinski definition) is 0. The van der Waals surface area contributed by atoms with Crippen molar-refractivity contribution in [3.63, 3.8) is 0 Å². The van der Waals surface area contributed by atoms with E-state index in [1.807, 2.05) is 6.07 Å². The van der Waals surface area contributed by atoms with Gasteiger partial charge >= 0.3 is 11.9 Å². The molecule has 0 saturated carbocycles. The molecule has 0 saturated heterocycles. The average Bonchev–Trinajstić information content (AvgIpc) is 2.97. The Kier molecular flexibility index (Phi) is 5.19. The van der Waals surface area contributed by atoms with Crippen molar-refractivity contribution in [3.8, 4) is 0 Å². The van der Waals surface area contributed by atoms with Gasteiger partial charge in [-0.1, -0.05) is 23.7 Å². The van der Waals surface area contributed by atoms with Gasteiger partial charge in [-0.05, 0) is 64.6 Å². The highest BCUT2D eigenvalue weighted by molar-refractivity contribution is 14.1. The highest BCUT2D eigenvalue weighted by Crippen LogP contribution is 2.25. The Balaban J connectivity index is 1.90. The molecule has 0 radical (unpaired) electrons. The standard InChI is InChI=1S/C18H11ClINO4/c1-24-17(22)11-4-2-10(3-5-11)8-15-18(23)25-16(21-15)13-9-12(20)6-7-14(13)19/h2-9H,1H3/b15-8+. The molecule has 0 aromatic heterocycles. The van der Waals surface area contributed by atoms with Crippen molar-refractivity contribution in [2.45, 2.75) is 0 Å². The summed E-state index contributed by atoms with van der Waals surface area (Å²) in [6, 6.07) is 12.0. The molecule has 1 aliphatic rings. The quantitative estimate of drug-likeness (QED) is 0.388. The molecule has 126 valence electrons. The molecule has 25 heavy (non-hydrogen) atoms. The van der Waals surface area contributed by atoms with Crippen LogP contribution in [0.15, 0.2) is 53.2 Å². The summed E-state index contributed by atoms with van der Waals surface area (Å²) < 4.78 is 10.8. The second-order valence-corrected chi connectivity index (χ2v) is 6.73.